The predicted octanol–water partition coefficient (Wildman–Crippen LogP) is 6.47. The smallest absolute Gasteiger partial charge is 0.292 e. The highest BCUT2D eigenvalue weighted by atomic mass is 31.2. The fraction of sp³-hybridized carbons (Fsp3) is 0.591. The van der Waals surface area contributed by atoms with Gasteiger partial charge in [-0.05, 0) is 57.9 Å². The van der Waals surface area contributed by atoms with Crippen LogP contribution in [0.5, 0.6) is 0 Å². The van der Waals surface area contributed by atoms with Crippen molar-refractivity contribution in [1.29, 1.82) is 0 Å². The molecule has 1 aromatic rings. The Hall–Kier alpha value is -1.42. The van der Waals surface area contributed by atoms with E-state index in [1.54, 1.807) is 13.8 Å². The maximum absolute atomic E-state index is 12.7. The van der Waals surface area contributed by atoms with Gasteiger partial charge in [0.25, 0.3) is 0 Å². The first-order chi connectivity index (χ1) is 13.5. The monoisotopic (exact) mass is 407 g/mol. The minimum atomic E-state index is -3.67. The number of hydrogen-bond acceptors (Lipinski definition) is 5. The van der Waals surface area contributed by atoms with Crippen LogP contribution in [0, 0.1) is 18.8 Å². The molecule has 2 atom stereocenters. The van der Waals surface area contributed by atoms with E-state index in [0.29, 0.717) is 5.92 Å². The topological polar surface area (TPSA) is 57.1 Å². The van der Waals surface area contributed by atoms with Crippen LogP contribution in [0.3, 0.4) is 0 Å². The first kappa shape index (κ1) is 22.9. The summed E-state index contributed by atoms with van der Waals surface area (Å²) in [6.07, 6.45) is 8.14. The molecule has 0 heterocycles. The number of allylic oxidation sites excluding steroid dienone is 1. The van der Waals surface area contributed by atoms with Gasteiger partial charge < -0.3 is 0 Å². The molecule has 0 spiro atoms. The summed E-state index contributed by atoms with van der Waals surface area (Å²) in [5, 5.41) is 4.34. The van der Waals surface area contributed by atoms with Crippen LogP contribution < -0.4 is 0 Å². The second-order valence-corrected chi connectivity index (χ2v) is 8.80. The molecule has 0 saturated heterocycles. The molecule has 0 aliphatic heterocycles. The van der Waals surface area contributed by atoms with Crippen molar-refractivity contribution in [3.8, 4) is 0 Å². The van der Waals surface area contributed by atoms with Crippen molar-refractivity contribution < 1.29 is 18.2 Å². The molecule has 5 nitrogen and oxygen atoms in total. The van der Waals surface area contributed by atoms with Crippen molar-refractivity contribution in [2.75, 3.05) is 13.2 Å². The van der Waals surface area contributed by atoms with Crippen LogP contribution in [0.4, 0.5) is 0 Å². The van der Waals surface area contributed by atoms with Crippen LogP contribution in [-0.4, -0.2) is 18.9 Å². The summed E-state index contributed by atoms with van der Waals surface area (Å²) in [4.78, 5) is 0. The average Bonchev–Trinajstić information content (AvgIpc) is 2.70. The predicted molar refractivity (Wildman–Crippen MR) is 115 cm³/mol. The average molecular weight is 407 g/mol. The second kappa shape index (κ2) is 11.5. The zero-order valence-corrected chi connectivity index (χ0v) is 18.3. The Morgan fingerprint density at radius 3 is 2.43 bits per heavy atom. The van der Waals surface area contributed by atoms with Crippen molar-refractivity contribution >= 4 is 13.5 Å². The number of phosphoric ester groups is 1. The number of oxime groups is 1. The minimum absolute atomic E-state index is 0.240. The van der Waals surface area contributed by atoms with Crippen molar-refractivity contribution in [2.45, 2.75) is 59.3 Å². The van der Waals surface area contributed by atoms with Crippen LogP contribution in [-0.2, 0) is 24.7 Å². The Morgan fingerprint density at radius 1 is 1.18 bits per heavy atom. The Morgan fingerprint density at radius 2 is 1.82 bits per heavy atom. The number of nitrogens with zero attached hydrogens (tertiary/aromatic N) is 1. The fourth-order valence-electron chi connectivity index (χ4n) is 3.68. The lowest BCUT2D eigenvalue weighted by molar-refractivity contribution is 0.123. The van der Waals surface area contributed by atoms with Gasteiger partial charge in [-0.3, -0.25) is 13.7 Å². The highest BCUT2D eigenvalue weighted by molar-refractivity contribution is 7.48. The van der Waals surface area contributed by atoms with E-state index >= 15 is 0 Å². The fourth-order valence-corrected chi connectivity index (χ4v) is 4.69. The van der Waals surface area contributed by atoms with E-state index in [2.05, 4.69) is 42.9 Å². The number of aryl methyl sites for hydroxylation is 2. The third kappa shape index (κ3) is 6.88. The zero-order chi connectivity index (χ0) is 20.4. The third-order valence-corrected chi connectivity index (χ3v) is 6.60. The summed E-state index contributed by atoms with van der Waals surface area (Å²) in [6, 6.07) is 8.53. The molecular formula is C22H34NO4P. The molecule has 1 aromatic carbocycles. The highest BCUT2D eigenvalue weighted by Crippen LogP contribution is 2.50. The van der Waals surface area contributed by atoms with Crippen LogP contribution in [0.25, 0.3) is 0 Å². The van der Waals surface area contributed by atoms with E-state index in [-0.39, 0.29) is 19.1 Å². The van der Waals surface area contributed by atoms with E-state index in [1.165, 1.54) is 17.5 Å². The molecule has 1 aliphatic rings. The molecule has 0 unspecified atom stereocenters. The van der Waals surface area contributed by atoms with Crippen LogP contribution in [0.1, 0.15) is 57.1 Å². The van der Waals surface area contributed by atoms with E-state index in [1.807, 2.05) is 6.08 Å². The molecule has 0 N–H and O–H groups in total. The lowest BCUT2D eigenvalue weighted by Gasteiger charge is -2.30. The zero-order valence-electron chi connectivity index (χ0n) is 17.4. The Labute approximate surface area is 169 Å². The van der Waals surface area contributed by atoms with Gasteiger partial charge in [-0.1, -0.05) is 53.9 Å². The molecule has 156 valence electrons. The van der Waals surface area contributed by atoms with Crippen LogP contribution in [0.2, 0.25) is 0 Å². The summed E-state index contributed by atoms with van der Waals surface area (Å²) < 4.78 is 28.5. The Kier molecular flexibility index (Phi) is 9.43. The van der Waals surface area contributed by atoms with Gasteiger partial charge in [0, 0.05) is 5.92 Å². The van der Waals surface area contributed by atoms with E-state index < -0.39 is 7.82 Å². The third-order valence-electron chi connectivity index (χ3n) is 5.17. The van der Waals surface area contributed by atoms with Gasteiger partial charge in [-0.15, -0.1) is 6.58 Å². The van der Waals surface area contributed by atoms with Crippen molar-refractivity contribution in [1.82, 2.24) is 0 Å². The number of phosphoric acid groups is 1. The highest BCUT2D eigenvalue weighted by Gasteiger charge is 2.31. The normalized spacial score (nSPS) is 20.8. The van der Waals surface area contributed by atoms with E-state index in [4.69, 9.17) is 13.7 Å². The molecule has 0 aromatic heterocycles. The minimum Gasteiger partial charge on any atom is -0.292 e. The molecule has 0 amide bonds. The molecule has 0 radical (unpaired) electrons. The van der Waals surface area contributed by atoms with Gasteiger partial charge in [-0.25, -0.2) is 4.57 Å². The quantitative estimate of drug-likeness (QED) is 0.182. The molecule has 2 rings (SSSR count). The first-order valence-corrected chi connectivity index (χ1v) is 11.8. The maximum atomic E-state index is 12.7. The summed E-state index contributed by atoms with van der Waals surface area (Å²) in [6.45, 7) is 10.1. The van der Waals surface area contributed by atoms with Crippen LogP contribution in [0.15, 0.2) is 42.1 Å². The van der Waals surface area contributed by atoms with E-state index in [0.717, 1.165) is 37.8 Å². The van der Waals surface area contributed by atoms with Crippen molar-refractivity contribution in [2.24, 2.45) is 17.0 Å². The van der Waals surface area contributed by atoms with Gasteiger partial charge in [0.15, 0.2) is 0 Å². The molecular weight excluding hydrogens is 373 g/mol. The molecule has 1 aliphatic carbocycles. The van der Waals surface area contributed by atoms with Gasteiger partial charge >= 0.3 is 7.82 Å². The van der Waals surface area contributed by atoms with Gasteiger partial charge in [-0.2, -0.15) is 0 Å². The van der Waals surface area contributed by atoms with Gasteiger partial charge in [0.2, 0.25) is 0 Å². The molecule has 1 fully saturated rings. The maximum Gasteiger partial charge on any atom is 0.550 e. The molecule has 28 heavy (non-hydrogen) atoms. The molecule has 6 heteroatoms. The van der Waals surface area contributed by atoms with E-state index in [9.17, 15) is 4.57 Å². The number of rotatable bonds is 11. The first-order valence-electron chi connectivity index (χ1n) is 10.3. The second-order valence-electron chi connectivity index (χ2n) is 7.22. The van der Waals surface area contributed by atoms with Gasteiger partial charge in [0.1, 0.15) is 0 Å². The van der Waals surface area contributed by atoms with Gasteiger partial charge in [0.05, 0.1) is 18.9 Å². The summed E-state index contributed by atoms with van der Waals surface area (Å²) in [5.41, 5.74) is 3.42. The summed E-state index contributed by atoms with van der Waals surface area (Å²) in [7, 11) is -3.67. The summed E-state index contributed by atoms with van der Waals surface area (Å²) in [5.74, 6) is 0.626. The number of benzene rings is 1. The largest absolute Gasteiger partial charge is 0.550 e. The Bertz CT molecular complexity index is 676. The SMILES string of the molecule is C=C[C@@H]1CCCC[C@H]1/C(CCc1ccc(C)cc1)=N/OP(=O)(OCC)OCC. The summed E-state index contributed by atoms with van der Waals surface area (Å²) >= 11 is 0. The number of hydrogen-bond donors (Lipinski definition) is 0. The lowest BCUT2D eigenvalue weighted by atomic mass is 9.75. The molecule has 1 saturated carbocycles. The molecule has 0 bridgehead atoms. The van der Waals surface area contributed by atoms with Crippen molar-refractivity contribution in [3.05, 3.63) is 48.0 Å². The standard InChI is InChI=1S/C22H34NO4P/c1-5-20-10-8-9-11-21(20)22(17-16-19-14-12-18(4)13-15-19)23-27-28(24,25-6-2)26-7-3/h5,12-15,20-21H,1,6-11,16-17H2,2-4H3/b23-22+/t20-,21-/m1/s1. The Balaban J connectivity index is 2.19. The van der Waals surface area contributed by atoms with Crippen LogP contribution >= 0.6 is 7.82 Å². The van der Waals surface area contributed by atoms with Crippen molar-refractivity contribution in [3.63, 3.8) is 0 Å². The lowest BCUT2D eigenvalue weighted by Crippen LogP contribution is -2.26.